The van der Waals surface area contributed by atoms with Crippen LogP contribution in [0.25, 0.3) is 0 Å². The van der Waals surface area contributed by atoms with Crippen LogP contribution in [0.4, 0.5) is 0 Å². The van der Waals surface area contributed by atoms with Crippen molar-refractivity contribution in [2.24, 2.45) is 0 Å². The summed E-state index contributed by atoms with van der Waals surface area (Å²) in [4.78, 5) is 16.2. The zero-order valence-electron chi connectivity index (χ0n) is 12.1. The lowest BCUT2D eigenvalue weighted by Gasteiger charge is -2.26. The summed E-state index contributed by atoms with van der Waals surface area (Å²) >= 11 is 0. The van der Waals surface area contributed by atoms with Crippen LogP contribution in [0.1, 0.15) is 19.3 Å². The van der Waals surface area contributed by atoms with Gasteiger partial charge >= 0.3 is 5.97 Å². The summed E-state index contributed by atoms with van der Waals surface area (Å²) in [6.07, 6.45) is 3.37. The fourth-order valence-electron chi connectivity index (χ4n) is 2.53. The number of carbonyl (C=O) groups is 1. The van der Waals surface area contributed by atoms with Gasteiger partial charge in [0.1, 0.15) is 6.04 Å². The molecule has 106 valence electrons. The van der Waals surface area contributed by atoms with Crippen LogP contribution < -0.4 is 5.32 Å². The number of carbonyl (C=O) groups excluding carboxylic acids is 1. The Morgan fingerprint density at radius 1 is 1.61 bits per heavy atom. The van der Waals surface area contributed by atoms with Crippen molar-refractivity contribution in [1.29, 1.82) is 0 Å². The molecule has 0 bridgehead atoms. The van der Waals surface area contributed by atoms with Gasteiger partial charge in [0.15, 0.2) is 0 Å². The second-order valence-corrected chi connectivity index (χ2v) is 5.19. The summed E-state index contributed by atoms with van der Waals surface area (Å²) in [5.74, 6) is -0.177. The topological polar surface area (TPSA) is 44.8 Å². The molecule has 0 saturated carbocycles. The number of esters is 1. The Labute approximate surface area is 110 Å². The monoisotopic (exact) mass is 257 g/mol. The molecule has 1 fully saturated rings. The molecule has 0 aromatic carbocycles. The minimum absolute atomic E-state index is 0.177. The Morgan fingerprint density at radius 2 is 2.33 bits per heavy atom. The van der Waals surface area contributed by atoms with E-state index in [1.165, 1.54) is 26.5 Å². The van der Waals surface area contributed by atoms with Crippen LogP contribution in [0.15, 0.2) is 0 Å². The van der Waals surface area contributed by atoms with Crippen LogP contribution in [0.2, 0.25) is 0 Å². The summed E-state index contributed by atoms with van der Waals surface area (Å²) < 4.78 is 4.76. The number of nitrogens with one attached hydrogen (secondary N) is 1. The average molecular weight is 257 g/mol. The molecule has 5 heteroatoms. The Kier molecular flexibility index (Phi) is 6.60. The van der Waals surface area contributed by atoms with Crippen molar-refractivity contribution in [3.8, 4) is 0 Å². The third kappa shape index (κ3) is 4.55. The largest absolute Gasteiger partial charge is 0.468 e. The van der Waals surface area contributed by atoms with Gasteiger partial charge in [0.2, 0.25) is 0 Å². The second-order valence-electron chi connectivity index (χ2n) is 5.19. The van der Waals surface area contributed by atoms with Crippen molar-refractivity contribution in [1.82, 2.24) is 15.1 Å². The Bertz CT molecular complexity index is 261. The first kappa shape index (κ1) is 15.4. The van der Waals surface area contributed by atoms with E-state index in [0.717, 1.165) is 19.5 Å². The first-order valence-corrected chi connectivity index (χ1v) is 6.72. The fraction of sp³-hybridized carbons (Fsp3) is 0.923. The van der Waals surface area contributed by atoms with Gasteiger partial charge in [-0.3, -0.25) is 4.79 Å². The third-order valence-corrected chi connectivity index (χ3v) is 3.83. The van der Waals surface area contributed by atoms with Crippen molar-refractivity contribution in [2.75, 3.05) is 47.9 Å². The van der Waals surface area contributed by atoms with E-state index in [1.807, 2.05) is 0 Å². The van der Waals surface area contributed by atoms with Crippen molar-refractivity contribution < 1.29 is 9.53 Å². The van der Waals surface area contributed by atoms with E-state index in [-0.39, 0.29) is 12.0 Å². The zero-order chi connectivity index (χ0) is 13.5. The van der Waals surface area contributed by atoms with E-state index >= 15 is 0 Å². The summed E-state index contributed by atoms with van der Waals surface area (Å²) in [6, 6.07) is 0.472. The van der Waals surface area contributed by atoms with E-state index in [2.05, 4.69) is 29.2 Å². The van der Waals surface area contributed by atoms with Crippen LogP contribution in [-0.4, -0.2) is 75.7 Å². The van der Waals surface area contributed by atoms with Gasteiger partial charge in [0, 0.05) is 12.6 Å². The number of rotatable bonds is 7. The highest BCUT2D eigenvalue weighted by atomic mass is 16.5. The molecule has 0 spiro atoms. The average Bonchev–Trinajstić information content (AvgIpc) is 2.75. The van der Waals surface area contributed by atoms with Gasteiger partial charge in [0.05, 0.1) is 7.11 Å². The first-order valence-electron chi connectivity index (χ1n) is 6.72. The van der Waals surface area contributed by atoms with E-state index in [4.69, 9.17) is 4.74 Å². The quantitative estimate of drug-likeness (QED) is 0.658. The zero-order valence-corrected chi connectivity index (χ0v) is 12.1. The lowest BCUT2D eigenvalue weighted by atomic mass is 10.1. The van der Waals surface area contributed by atoms with Gasteiger partial charge in [-0.25, -0.2) is 0 Å². The van der Waals surface area contributed by atoms with Gasteiger partial charge in [-0.2, -0.15) is 0 Å². The van der Waals surface area contributed by atoms with Crippen molar-refractivity contribution in [3.05, 3.63) is 0 Å². The highest BCUT2D eigenvalue weighted by molar-refractivity contribution is 5.75. The summed E-state index contributed by atoms with van der Waals surface area (Å²) in [7, 11) is 7.54. The Balaban J connectivity index is 2.27. The van der Waals surface area contributed by atoms with E-state index in [1.54, 1.807) is 7.05 Å². The molecular weight excluding hydrogens is 230 g/mol. The molecule has 2 atom stereocenters. The van der Waals surface area contributed by atoms with Crippen molar-refractivity contribution in [3.63, 3.8) is 0 Å². The lowest BCUT2D eigenvalue weighted by Crippen LogP contribution is -2.41. The molecule has 0 aliphatic carbocycles. The maximum atomic E-state index is 11.4. The Morgan fingerprint density at radius 3 is 2.83 bits per heavy atom. The SMILES string of the molecule is CNC(CCN(C)CC1CCCN1C)C(=O)OC. The minimum atomic E-state index is -0.196. The molecule has 1 saturated heterocycles. The smallest absolute Gasteiger partial charge is 0.322 e. The van der Waals surface area contributed by atoms with E-state index < -0.39 is 0 Å². The molecule has 1 heterocycles. The van der Waals surface area contributed by atoms with Gasteiger partial charge in [-0.1, -0.05) is 0 Å². The summed E-state index contributed by atoms with van der Waals surface area (Å²) in [5, 5.41) is 3.00. The molecule has 0 amide bonds. The summed E-state index contributed by atoms with van der Waals surface area (Å²) in [5.41, 5.74) is 0. The van der Waals surface area contributed by atoms with Crippen molar-refractivity contribution >= 4 is 5.97 Å². The van der Waals surface area contributed by atoms with Crippen molar-refractivity contribution in [2.45, 2.75) is 31.3 Å². The van der Waals surface area contributed by atoms with Gasteiger partial charge < -0.3 is 19.9 Å². The fourth-order valence-corrected chi connectivity index (χ4v) is 2.53. The Hall–Kier alpha value is -0.650. The lowest BCUT2D eigenvalue weighted by molar-refractivity contribution is -0.143. The van der Waals surface area contributed by atoms with E-state index in [9.17, 15) is 4.79 Å². The number of ether oxygens (including phenoxy) is 1. The predicted octanol–water partition coefficient (Wildman–Crippen LogP) is 0.164. The molecule has 5 nitrogen and oxygen atoms in total. The number of likely N-dealkylation sites (tertiary alicyclic amines) is 1. The van der Waals surface area contributed by atoms with Crippen LogP contribution in [0, 0.1) is 0 Å². The minimum Gasteiger partial charge on any atom is -0.468 e. The number of likely N-dealkylation sites (N-methyl/N-ethyl adjacent to an activating group) is 3. The van der Waals surface area contributed by atoms with Crippen LogP contribution in [0.5, 0.6) is 0 Å². The summed E-state index contributed by atoms with van der Waals surface area (Å²) in [6.45, 7) is 3.19. The number of hydrogen-bond donors (Lipinski definition) is 1. The van der Waals surface area contributed by atoms with Crippen LogP contribution in [-0.2, 0) is 9.53 Å². The normalized spacial score (nSPS) is 22.4. The molecule has 0 aromatic rings. The molecule has 1 aliphatic rings. The maximum Gasteiger partial charge on any atom is 0.322 e. The first-order chi connectivity index (χ1) is 8.58. The third-order valence-electron chi connectivity index (χ3n) is 3.83. The molecule has 0 aromatic heterocycles. The number of hydrogen-bond acceptors (Lipinski definition) is 5. The molecule has 0 radical (unpaired) electrons. The van der Waals surface area contributed by atoms with Gasteiger partial charge in [-0.15, -0.1) is 0 Å². The molecule has 1 N–H and O–H groups in total. The van der Waals surface area contributed by atoms with Crippen LogP contribution in [0.3, 0.4) is 0 Å². The molecule has 18 heavy (non-hydrogen) atoms. The number of methoxy groups -OCH3 is 1. The maximum absolute atomic E-state index is 11.4. The molecule has 2 unspecified atom stereocenters. The highest BCUT2D eigenvalue weighted by Crippen LogP contribution is 2.15. The standard InChI is InChI=1S/C13H27N3O2/c1-14-12(13(17)18-4)7-9-15(2)10-11-6-5-8-16(11)3/h11-12,14H,5-10H2,1-4H3. The second kappa shape index (κ2) is 7.71. The number of nitrogens with zero attached hydrogens (tertiary/aromatic N) is 2. The van der Waals surface area contributed by atoms with Gasteiger partial charge in [-0.05, 0) is 53.5 Å². The molecular formula is C13H27N3O2. The van der Waals surface area contributed by atoms with Crippen LogP contribution >= 0.6 is 0 Å². The molecule has 1 rings (SSSR count). The molecule has 1 aliphatic heterocycles. The van der Waals surface area contributed by atoms with E-state index in [0.29, 0.717) is 6.04 Å². The predicted molar refractivity (Wildman–Crippen MR) is 72.6 cm³/mol. The van der Waals surface area contributed by atoms with Gasteiger partial charge in [0.25, 0.3) is 0 Å². The highest BCUT2D eigenvalue weighted by Gasteiger charge is 2.23.